The number of thiazole rings is 1. The molecule has 8 heteroatoms. The molecule has 0 aliphatic rings. The van der Waals surface area contributed by atoms with E-state index in [-0.39, 0.29) is 24.0 Å². The van der Waals surface area contributed by atoms with Crippen LogP contribution in [0.3, 0.4) is 0 Å². The van der Waals surface area contributed by atoms with Crippen LogP contribution < -0.4 is 10.6 Å². The van der Waals surface area contributed by atoms with Gasteiger partial charge in [0.1, 0.15) is 5.01 Å². The van der Waals surface area contributed by atoms with Crippen molar-refractivity contribution < 1.29 is 0 Å². The fourth-order valence-electron chi connectivity index (χ4n) is 2.90. The third-order valence-electron chi connectivity index (χ3n) is 4.46. The highest BCUT2D eigenvalue weighted by molar-refractivity contribution is 14.0. The molecule has 0 saturated carbocycles. The van der Waals surface area contributed by atoms with Crippen molar-refractivity contribution in [3.05, 3.63) is 63.4 Å². The second kappa shape index (κ2) is 10.6. The van der Waals surface area contributed by atoms with Crippen molar-refractivity contribution in [2.75, 3.05) is 7.05 Å². The van der Waals surface area contributed by atoms with Gasteiger partial charge in [0.25, 0.3) is 0 Å². The van der Waals surface area contributed by atoms with Crippen LogP contribution in [0.1, 0.15) is 33.8 Å². The fourth-order valence-corrected chi connectivity index (χ4v) is 3.70. The predicted molar refractivity (Wildman–Crippen MR) is 127 cm³/mol. The van der Waals surface area contributed by atoms with Crippen LogP contribution in [0.4, 0.5) is 0 Å². The van der Waals surface area contributed by atoms with Crippen molar-refractivity contribution in [1.29, 1.82) is 0 Å². The standard InChI is InChI=1S/C20H26N6S.HI/c1-5-17-11-22-19(27-17)13-24-20(21-4)23-12-18-14(2)25-26(15(18)3)16-9-7-6-8-10-16;/h6-11H,5,12-13H2,1-4H3,(H2,21,23,24);1H. The van der Waals surface area contributed by atoms with Gasteiger partial charge in [-0.15, -0.1) is 35.3 Å². The molecule has 3 aromatic rings. The van der Waals surface area contributed by atoms with Crippen LogP contribution in [0.15, 0.2) is 41.5 Å². The summed E-state index contributed by atoms with van der Waals surface area (Å²) in [7, 11) is 1.78. The number of aryl methyl sites for hydroxylation is 2. The molecule has 0 amide bonds. The molecule has 2 heterocycles. The molecule has 6 nitrogen and oxygen atoms in total. The molecule has 2 aromatic heterocycles. The molecule has 0 unspecified atom stereocenters. The molecule has 0 saturated heterocycles. The lowest BCUT2D eigenvalue weighted by Gasteiger charge is -2.11. The van der Waals surface area contributed by atoms with Crippen LogP contribution in [0, 0.1) is 13.8 Å². The van der Waals surface area contributed by atoms with Crippen molar-refractivity contribution in [3.8, 4) is 5.69 Å². The number of guanidine groups is 1. The summed E-state index contributed by atoms with van der Waals surface area (Å²) >= 11 is 1.74. The summed E-state index contributed by atoms with van der Waals surface area (Å²) in [6, 6.07) is 10.2. The van der Waals surface area contributed by atoms with E-state index >= 15 is 0 Å². The number of hydrogen-bond donors (Lipinski definition) is 2. The second-order valence-electron chi connectivity index (χ2n) is 6.25. The minimum atomic E-state index is 0. The third-order valence-corrected chi connectivity index (χ3v) is 5.60. The first-order valence-electron chi connectivity index (χ1n) is 9.11. The van der Waals surface area contributed by atoms with Crippen LogP contribution in [-0.2, 0) is 19.5 Å². The van der Waals surface area contributed by atoms with Gasteiger partial charge in [-0.25, -0.2) is 9.67 Å². The van der Waals surface area contributed by atoms with Crippen molar-refractivity contribution in [3.63, 3.8) is 0 Å². The molecule has 0 aliphatic carbocycles. The summed E-state index contributed by atoms with van der Waals surface area (Å²) in [6.45, 7) is 7.63. The average molecular weight is 510 g/mol. The van der Waals surface area contributed by atoms with E-state index in [1.165, 1.54) is 10.4 Å². The molecule has 150 valence electrons. The molecule has 2 N–H and O–H groups in total. The molecule has 0 atom stereocenters. The molecular formula is C20H27IN6S. The summed E-state index contributed by atoms with van der Waals surface area (Å²) in [5, 5.41) is 12.5. The van der Waals surface area contributed by atoms with Crippen LogP contribution >= 0.6 is 35.3 Å². The van der Waals surface area contributed by atoms with Gasteiger partial charge in [-0.05, 0) is 32.4 Å². The summed E-state index contributed by atoms with van der Waals surface area (Å²) in [6.07, 6.45) is 2.97. The first kappa shape index (κ1) is 22.4. The average Bonchev–Trinajstić information content (AvgIpc) is 3.27. The van der Waals surface area contributed by atoms with Crippen molar-refractivity contribution in [1.82, 2.24) is 25.4 Å². The van der Waals surface area contributed by atoms with E-state index in [4.69, 9.17) is 5.10 Å². The number of rotatable bonds is 6. The lowest BCUT2D eigenvalue weighted by molar-refractivity contribution is 0.797. The Bertz CT molecular complexity index is 916. The highest BCUT2D eigenvalue weighted by atomic mass is 127. The summed E-state index contributed by atoms with van der Waals surface area (Å²) in [5.41, 5.74) is 4.41. The Morgan fingerprint density at radius 1 is 1.14 bits per heavy atom. The van der Waals surface area contributed by atoms with E-state index in [1.807, 2.05) is 36.0 Å². The zero-order valence-corrected chi connectivity index (χ0v) is 19.8. The van der Waals surface area contributed by atoms with E-state index in [9.17, 15) is 0 Å². The van der Waals surface area contributed by atoms with E-state index in [1.54, 1.807) is 18.4 Å². The number of aliphatic imine (C=N–C) groups is 1. The lowest BCUT2D eigenvalue weighted by Crippen LogP contribution is -2.36. The molecule has 0 spiro atoms. The maximum absolute atomic E-state index is 4.70. The predicted octanol–water partition coefficient (Wildman–Crippen LogP) is 3.99. The maximum atomic E-state index is 4.70. The number of aromatic nitrogens is 3. The van der Waals surface area contributed by atoms with Crippen LogP contribution in [0.25, 0.3) is 5.69 Å². The highest BCUT2D eigenvalue weighted by Gasteiger charge is 2.13. The van der Waals surface area contributed by atoms with Gasteiger partial charge in [0.15, 0.2) is 5.96 Å². The van der Waals surface area contributed by atoms with E-state index in [0.29, 0.717) is 13.1 Å². The highest BCUT2D eigenvalue weighted by Crippen LogP contribution is 2.17. The molecule has 28 heavy (non-hydrogen) atoms. The van der Waals surface area contributed by atoms with E-state index in [2.05, 4.69) is 46.6 Å². The van der Waals surface area contributed by atoms with Gasteiger partial charge in [-0.2, -0.15) is 5.10 Å². The smallest absolute Gasteiger partial charge is 0.191 e. The monoisotopic (exact) mass is 510 g/mol. The Balaban J connectivity index is 0.00000280. The van der Waals surface area contributed by atoms with E-state index < -0.39 is 0 Å². The van der Waals surface area contributed by atoms with Gasteiger partial charge < -0.3 is 10.6 Å². The third kappa shape index (κ3) is 5.32. The quantitative estimate of drug-likeness (QED) is 0.299. The molecule has 0 aliphatic heterocycles. The van der Waals surface area contributed by atoms with Gasteiger partial charge >= 0.3 is 0 Å². The summed E-state index contributed by atoms with van der Waals surface area (Å²) in [4.78, 5) is 10.1. The van der Waals surface area contributed by atoms with Crippen molar-refractivity contribution in [2.45, 2.75) is 40.3 Å². The second-order valence-corrected chi connectivity index (χ2v) is 7.45. The Morgan fingerprint density at radius 3 is 2.50 bits per heavy atom. The number of nitrogens with zero attached hydrogens (tertiary/aromatic N) is 4. The summed E-state index contributed by atoms with van der Waals surface area (Å²) in [5.74, 6) is 0.759. The Hall–Kier alpha value is -1.94. The van der Waals surface area contributed by atoms with Crippen LogP contribution in [-0.4, -0.2) is 27.8 Å². The van der Waals surface area contributed by atoms with E-state index in [0.717, 1.165) is 34.5 Å². The van der Waals surface area contributed by atoms with Crippen molar-refractivity contribution in [2.24, 2.45) is 4.99 Å². The first-order chi connectivity index (χ1) is 13.1. The number of nitrogens with one attached hydrogen (secondary N) is 2. The Labute approximate surface area is 187 Å². The Morgan fingerprint density at radius 2 is 1.86 bits per heavy atom. The molecule has 1 aromatic carbocycles. The maximum Gasteiger partial charge on any atom is 0.191 e. The first-order valence-corrected chi connectivity index (χ1v) is 9.92. The number of hydrogen-bond acceptors (Lipinski definition) is 4. The minimum Gasteiger partial charge on any atom is -0.352 e. The number of benzene rings is 1. The Kier molecular flexibility index (Phi) is 8.43. The van der Waals surface area contributed by atoms with Gasteiger partial charge in [-0.1, -0.05) is 25.1 Å². The topological polar surface area (TPSA) is 67.1 Å². The molecule has 0 fully saturated rings. The summed E-state index contributed by atoms with van der Waals surface area (Å²) < 4.78 is 1.99. The molecule has 0 radical (unpaired) electrons. The normalized spacial score (nSPS) is 11.2. The number of para-hydroxylation sites is 1. The SMILES string of the molecule is CCc1cnc(CNC(=NC)NCc2c(C)nn(-c3ccccc3)c2C)s1.I. The van der Waals surface area contributed by atoms with Gasteiger partial charge in [0, 0.05) is 35.9 Å². The minimum absolute atomic E-state index is 0. The largest absolute Gasteiger partial charge is 0.352 e. The number of halogens is 1. The molecule has 0 bridgehead atoms. The zero-order valence-electron chi connectivity index (χ0n) is 16.7. The van der Waals surface area contributed by atoms with Gasteiger partial charge in [-0.3, -0.25) is 4.99 Å². The zero-order chi connectivity index (χ0) is 19.2. The van der Waals surface area contributed by atoms with Crippen LogP contribution in [0.2, 0.25) is 0 Å². The van der Waals surface area contributed by atoms with Crippen LogP contribution in [0.5, 0.6) is 0 Å². The van der Waals surface area contributed by atoms with Gasteiger partial charge in [0.2, 0.25) is 0 Å². The molecule has 3 rings (SSSR count). The lowest BCUT2D eigenvalue weighted by atomic mass is 10.2. The van der Waals surface area contributed by atoms with Crippen molar-refractivity contribution >= 4 is 41.3 Å². The molecular weight excluding hydrogens is 483 g/mol. The fraction of sp³-hybridized carbons (Fsp3) is 0.350. The van der Waals surface area contributed by atoms with Gasteiger partial charge in [0.05, 0.1) is 17.9 Å².